The Morgan fingerprint density at radius 1 is 1.00 bits per heavy atom. The Labute approximate surface area is 221 Å². The molecule has 0 N–H and O–H groups in total. The van der Waals surface area contributed by atoms with E-state index in [2.05, 4.69) is 35.3 Å². The molecule has 38 heavy (non-hydrogen) atoms. The van der Waals surface area contributed by atoms with Crippen LogP contribution in [0.3, 0.4) is 0 Å². The van der Waals surface area contributed by atoms with E-state index in [0.717, 1.165) is 11.3 Å². The molecule has 4 aromatic heterocycles. The fourth-order valence-electron chi connectivity index (χ4n) is 3.99. The summed E-state index contributed by atoms with van der Waals surface area (Å²) in [5.41, 5.74) is 2.20. The third kappa shape index (κ3) is 5.94. The highest BCUT2D eigenvalue weighted by atomic mass is 32.2. The Kier molecular flexibility index (Phi) is 7.97. The SMILES string of the molecule is Cc1cnc([C@H](OC(C)C)[C@H](C)S(=O)(=O)Cc2nnc(-c3cccc(C)n3)n2[C@H](C)c2nc(C)no2)nc1. The lowest BCUT2D eigenvalue weighted by molar-refractivity contribution is 0.00140. The topological polar surface area (TPSA) is 152 Å². The van der Waals surface area contributed by atoms with Gasteiger partial charge < -0.3 is 9.26 Å². The number of nitrogens with zero attached hydrogens (tertiary/aromatic N) is 8. The predicted octanol–water partition coefficient (Wildman–Crippen LogP) is 3.52. The van der Waals surface area contributed by atoms with Crippen LogP contribution in [0.15, 0.2) is 35.1 Å². The zero-order chi connectivity index (χ0) is 27.6. The van der Waals surface area contributed by atoms with Gasteiger partial charge in [-0.3, -0.25) is 4.57 Å². The third-order valence-electron chi connectivity index (χ3n) is 5.97. The molecule has 0 aliphatic rings. The quantitative estimate of drug-likeness (QED) is 0.290. The zero-order valence-corrected chi connectivity index (χ0v) is 23.3. The number of ether oxygens (including phenoxy) is 1. The third-order valence-corrected chi connectivity index (χ3v) is 8.01. The smallest absolute Gasteiger partial charge is 0.249 e. The molecule has 3 atom stereocenters. The van der Waals surface area contributed by atoms with E-state index in [-0.39, 0.29) is 11.9 Å². The van der Waals surface area contributed by atoms with Gasteiger partial charge in [0.2, 0.25) is 5.89 Å². The molecule has 0 aliphatic heterocycles. The van der Waals surface area contributed by atoms with E-state index in [1.807, 2.05) is 46.8 Å². The lowest BCUT2D eigenvalue weighted by atomic mass is 10.2. The molecule has 13 heteroatoms. The Morgan fingerprint density at radius 3 is 2.32 bits per heavy atom. The average molecular weight is 541 g/mol. The first-order valence-corrected chi connectivity index (χ1v) is 14.0. The lowest BCUT2D eigenvalue weighted by Crippen LogP contribution is -2.32. The zero-order valence-electron chi connectivity index (χ0n) is 22.5. The number of aromatic nitrogens is 8. The van der Waals surface area contributed by atoms with E-state index in [1.54, 1.807) is 36.9 Å². The van der Waals surface area contributed by atoms with E-state index < -0.39 is 33.0 Å². The van der Waals surface area contributed by atoms with E-state index in [0.29, 0.717) is 29.1 Å². The van der Waals surface area contributed by atoms with Crippen molar-refractivity contribution >= 4 is 9.84 Å². The van der Waals surface area contributed by atoms with Gasteiger partial charge in [-0.1, -0.05) is 11.2 Å². The van der Waals surface area contributed by atoms with Crippen LogP contribution in [0, 0.1) is 20.8 Å². The van der Waals surface area contributed by atoms with E-state index in [4.69, 9.17) is 9.26 Å². The molecule has 0 saturated heterocycles. The van der Waals surface area contributed by atoms with Crippen molar-refractivity contribution in [2.75, 3.05) is 0 Å². The van der Waals surface area contributed by atoms with Crippen LogP contribution in [0.5, 0.6) is 0 Å². The molecule has 4 rings (SSSR count). The molecule has 0 aromatic carbocycles. The van der Waals surface area contributed by atoms with Crippen LogP contribution in [0.25, 0.3) is 11.5 Å². The van der Waals surface area contributed by atoms with E-state index >= 15 is 0 Å². The number of aryl methyl sites for hydroxylation is 3. The van der Waals surface area contributed by atoms with Gasteiger partial charge in [0.15, 0.2) is 27.3 Å². The van der Waals surface area contributed by atoms with Crippen LogP contribution in [0.2, 0.25) is 0 Å². The van der Waals surface area contributed by atoms with Crippen molar-refractivity contribution in [2.45, 2.75) is 77.7 Å². The highest BCUT2D eigenvalue weighted by Gasteiger charge is 2.36. The second-order valence-corrected chi connectivity index (χ2v) is 11.9. The standard InChI is InChI=1S/C25H32N8O4S/c1-14(2)36-22(23-26-11-15(3)12-27-23)18(6)38(34,35)13-21-30-31-24(20-10-8-9-16(4)28-20)33(21)17(5)25-29-19(7)32-37-25/h8-12,14,17-18,22H,13H2,1-7H3/t17-,18+,22-/m1/s1. The van der Waals surface area contributed by atoms with Gasteiger partial charge in [-0.15, -0.1) is 10.2 Å². The molecule has 202 valence electrons. The number of hydrogen-bond acceptors (Lipinski definition) is 11. The van der Waals surface area contributed by atoms with Crippen LogP contribution in [0.1, 0.15) is 74.5 Å². The number of rotatable bonds is 10. The van der Waals surface area contributed by atoms with Crippen LogP contribution in [0.4, 0.5) is 0 Å². The van der Waals surface area contributed by atoms with Crippen molar-refractivity contribution in [3.8, 4) is 11.5 Å². The molecule has 0 aliphatic carbocycles. The molecule has 12 nitrogen and oxygen atoms in total. The summed E-state index contributed by atoms with van der Waals surface area (Å²) < 4.78 is 40.7. The Balaban J connectivity index is 1.75. The Morgan fingerprint density at radius 2 is 1.71 bits per heavy atom. The van der Waals surface area contributed by atoms with Crippen molar-refractivity contribution in [3.05, 3.63) is 65.2 Å². The second kappa shape index (κ2) is 11.0. The molecule has 0 radical (unpaired) electrons. The minimum Gasteiger partial charge on any atom is -0.366 e. The molecule has 0 unspecified atom stereocenters. The van der Waals surface area contributed by atoms with Crippen molar-refractivity contribution in [1.82, 2.24) is 39.9 Å². The van der Waals surface area contributed by atoms with Gasteiger partial charge in [0.05, 0.1) is 11.4 Å². The summed E-state index contributed by atoms with van der Waals surface area (Å²) in [6.07, 6.45) is 2.17. The average Bonchev–Trinajstić information content (AvgIpc) is 3.48. The predicted molar refractivity (Wildman–Crippen MR) is 139 cm³/mol. The van der Waals surface area contributed by atoms with Gasteiger partial charge in [0.25, 0.3) is 0 Å². The molecule has 4 aromatic rings. The Hall–Kier alpha value is -3.58. The molecule has 0 saturated carbocycles. The second-order valence-electron chi connectivity index (χ2n) is 9.57. The van der Waals surface area contributed by atoms with Crippen LogP contribution < -0.4 is 0 Å². The summed E-state index contributed by atoms with van der Waals surface area (Å²) in [5.74, 6) is 1.27. The molecule has 4 heterocycles. The summed E-state index contributed by atoms with van der Waals surface area (Å²) in [6.45, 7) is 12.5. The van der Waals surface area contributed by atoms with E-state index in [1.165, 1.54) is 0 Å². The maximum absolute atomic E-state index is 13.8. The van der Waals surface area contributed by atoms with E-state index in [9.17, 15) is 8.42 Å². The monoisotopic (exact) mass is 540 g/mol. The molecular weight excluding hydrogens is 508 g/mol. The molecule has 0 bridgehead atoms. The fourth-order valence-corrected chi connectivity index (χ4v) is 5.37. The first-order chi connectivity index (χ1) is 18.0. The summed E-state index contributed by atoms with van der Waals surface area (Å²) in [7, 11) is -3.84. The minimum atomic E-state index is -3.84. The first-order valence-electron chi connectivity index (χ1n) is 12.3. The summed E-state index contributed by atoms with van der Waals surface area (Å²) in [6, 6.07) is 4.96. The lowest BCUT2D eigenvalue weighted by Gasteiger charge is -2.25. The van der Waals surface area contributed by atoms with Gasteiger partial charge in [0, 0.05) is 18.1 Å². The number of pyridine rings is 1. The van der Waals surface area contributed by atoms with Crippen molar-refractivity contribution in [3.63, 3.8) is 0 Å². The fraction of sp³-hybridized carbons (Fsp3) is 0.480. The first kappa shape index (κ1) is 27.5. The Bertz CT molecular complexity index is 1500. The number of sulfone groups is 1. The van der Waals surface area contributed by atoms with Gasteiger partial charge in [0.1, 0.15) is 29.4 Å². The molecule has 0 amide bonds. The van der Waals surface area contributed by atoms with Gasteiger partial charge in [-0.05, 0) is 66.2 Å². The van der Waals surface area contributed by atoms with Crippen LogP contribution >= 0.6 is 0 Å². The summed E-state index contributed by atoms with van der Waals surface area (Å²) in [5, 5.41) is 11.5. The van der Waals surface area contributed by atoms with Crippen molar-refractivity contribution < 1.29 is 17.7 Å². The number of hydrogen-bond donors (Lipinski definition) is 0. The van der Waals surface area contributed by atoms with Crippen molar-refractivity contribution in [1.29, 1.82) is 0 Å². The minimum absolute atomic E-state index is 0.214. The molecular formula is C25H32N8O4S. The van der Waals surface area contributed by atoms with Crippen LogP contribution in [-0.4, -0.2) is 59.6 Å². The molecule has 0 spiro atoms. The van der Waals surface area contributed by atoms with Gasteiger partial charge in [-0.2, -0.15) is 4.98 Å². The highest BCUT2D eigenvalue weighted by Crippen LogP contribution is 2.30. The normalized spacial score (nSPS) is 14.5. The van der Waals surface area contributed by atoms with Gasteiger partial charge >= 0.3 is 0 Å². The highest BCUT2D eigenvalue weighted by molar-refractivity contribution is 7.91. The summed E-state index contributed by atoms with van der Waals surface area (Å²) in [4.78, 5) is 17.6. The van der Waals surface area contributed by atoms with Crippen molar-refractivity contribution in [2.24, 2.45) is 0 Å². The maximum atomic E-state index is 13.8. The molecule has 0 fully saturated rings. The maximum Gasteiger partial charge on any atom is 0.249 e. The largest absolute Gasteiger partial charge is 0.366 e. The van der Waals surface area contributed by atoms with Crippen LogP contribution in [-0.2, 0) is 20.3 Å². The van der Waals surface area contributed by atoms with Gasteiger partial charge in [-0.25, -0.2) is 23.4 Å². The summed E-state index contributed by atoms with van der Waals surface area (Å²) >= 11 is 0.